The van der Waals surface area contributed by atoms with Crippen molar-refractivity contribution in [2.45, 2.75) is 0 Å². The highest BCUT2D eigenvalue weighted by Crippen LogP contribution is 2.16. The Labute approximate surface area is 125 Å². The molecule has 0 saturated carbocycles. The third-order valence-corrected chi connectivity index (χ3v) is 3.73. The number of carbonyl (C=O) groups is 1. The van der Waals surface area contributed by atoms with Gasteiger partial charge >= 0.3 is 0 Å². The molecule has 21 heavy (non-hydrogen) atoms. The molecule has 0 unspecified atom stereocenters. The predicted octanol–water partition coefficient (Wildman–Crippen LogP) is -0.313. The Bertz CT molecular complexity index is 470. The van der Waals surface area contributed by atoms with Gasteiger partial charge in [0.15, 0.2) is 0 Å². The highest BCUT2D eigenvalue weighted by molar-refractivity contribution is 5.99. The van der Waals surface area contributed by atoms with Gasteiger partial charge in [-0.3, -0.25) is 20.5 Å². The Morgan fingerprint density at radius 2 is 2.10 bits per heavy atom. The number of amides is 1. The molecule has 0 bridgehead atoms. The zero-order chi connectivity index (χ0) is 15.2. The second-order valence-corrected chi connectivity index (χ2v) is 5.50. The molecule has 1 aliphatic rings. The van der Waals surface area contributed by atoms with E-state index in [9.17, 15) is 4.79 Å². The van der Waals surface area contributed by atoms with Crippen LogP contribution in [0.2, 0.25) is 0 Å². The minimum absolute atomic E-state index is 0.0108. The molecule has 1 aliphatic heterocycles. The number of likely N-dealkylation sites (N-methyl/N-ethyl adjacent to an activating group) is 1. The van der Waals surface area contributed by atoms with E-state index in [1.165, 1.54) is 0 Å². The standard InChI is InChI=1S/C14H24N6O/c1-18(2)5-6-19-7-9-20(10-8-19)14(21)12-11-16-4-3-13(12)17-15/h3-4,11H,5-10,15H2,1-2H3,(H,16,17). The molecule has 3 N–H and O–H groups in total. The largest absolute Gasteiger partial charge is 0.336 e. The second-order valence-electron chi connectivity index (χ2n) is 5.50. The van der Waals surface area contributed by atoms with Crippen LogP contribution in [0.1, 0.15) is 10.4 Å². The van der Waals surface area contributed by atoms with Gasteiger partial charge in [0.2, 0.25) is 0 Å². The summed E-state index contributed by atoms with van der Waals surface area (Å²) in [7, 11) is 4.15. The first-order valence-corrected chi connectivity index (χ1v) is 7.19. The molecule has 1 fully saturated rings. The zero-order valence-corrected chi connectivity index (χ0v) is 12.7. The second kappa shape index (κ2) is 7.35. The van der Waals surface area contributed by atoms with Crippen molar-refractivity contribution in [2.24, 2.45) is 5.84 Å². The fourth-order valence-electron chi connectivity index (χ4n) is 2.38. The van der Waals surface area contributed by atoms with Crippen molar-refractivity contribution in [1.29, 1.82) is 0 Å². The van der Waals surface area contributed by atoms with Gasteiger partial charge in [-0.2, -0.15) is 0 Å². The lowest BCUT2D eigenvalue weighted by atomic mass is 10.2. The van der Waals surface area contributed by atoms with Gasteiger partial charge in [-0.25, -0.2) is 0 Å². The summed E-state index contributed by atoms with van der Waals surface area (Å²) in [6.45, 7) is 5.38. The van der Waals surface area contributed by atoms with Crippen molar-refractivity contribution >= 4 is 11.6 Å². The van der Waals surface area contributed by atoms with E-state index >= 15 is 0 Å². The van der Waals surface area contributed by atoms with Crippen molar-refractivity contribution in [3.63, 3.8) is 0 Å². The summed E-state index contributed by atoms with van der Waals surface area (Å²) in [4.78, 5) is 23.0. The molecule has 0 radical (unpaired) electrons. The first-order chi connectivity index (χ1) is 10.1. The number of nitrogens with two attached hydrogens (primary N) is 1. The number of aromatic nitrogens is 1. The number of anilines is 1. The summed E-state index contributed by atoms with van der Waals surface area (Å²) in [6, 6.07) is 1.71. The summed E-state index contributed by atoms with van der Waals surface area (Å²) in [5, 5.41) is 0. The smallest absolute Gasteiger partial charge is 0.257 e. The minimum atomic E-state index is -0.0108. The van der Waals surface area contributed by atoms with Gasteiger partial charge in [-0.05, 0) is 20.2 Å². The number of rotatable bonds is 5. The molecule has 1 aromatic rings. The number of nitrogens with one attached hydrogen (secondary N) is 1. The number of piperazine rings is 1. The van der Waals surface area contributed by atoms with Gasteiger partial charge in [-0.1, -0.05) is 0 Å². The van der Waals surface area contributed by atoms with Crippen LogP contribution in [0.15, 0.2) is 18.5 Å². The first-order valence-electron chi connectivity index (χ1n) is 7.19. The van der Waals surface area contributed by atoms with Crippen LogP contribution in [-0.2, 0) is 0 Å². The number of carbonyl (C=O) groups excluding carboxylic acids is 1. The molecule has 0 atom stereocenters. The van der Waals surface area contributed by atoms with E-state index in [0.29, 0.717) is 11.3 Å². The van der Waals surface area contributed by atoms with Crippen LogP contribution in [0.4, 0.5) is 5.69 Å². The number of hydrazine groups is 1. The normalized spacial score (nSPS) is 16.3. The number of nitrogen functional groups attached to an aromatic ring is 1. The van der Waals surface area contributed by atoms with E-state index < -0.39 is 0 Å². The van der Waals surface area contributed by atoms with Crippen LogP contribution in [0.5, 0.6) is 0 Å². The van der Waals surface area contributed by atoms with Crippen molar-refractivity contribution in [3.8, 4) is 0 Å². The van der Waals surface area contributed by atoms with Gasteiger partial charge in [0.05, 0.1) is 11.3 Å². The molecule has 1 amide bonds. The van der Waals surface area contributed by atoms with E-state index in [1.54, 1.807) is 18.5 Å². The van der Waals surface area contributed by atoms with Gasteiger partial charge in [0.1, 0.15) is 0 Å². The average molecular weight is 292 g/mol. The number of hydrogen-bond donors (Lipinski definition) is 2. The highest BCUT2D eigenvalue weighted by atomic mass is 16.2. The highest BCUT2D eigenvalue weighted by Gasteiger charge is 2.23. The summed E-state index contributed by atoms with van der Waals surface area (Å²) < 4.78 is 0. The van der Waals surface area contributed by atoms with Crippen LogP contribution < -0.4 is 11.3 Å². The molecule has 1 saturated heterocycles. The number of nitrogens with zero attached hydrogens (tertiary/aromatic N) is 4. The fraction of sp³-hybridized carbons (Fsp3) is 0.571. The lowest BCUT2D eigenvalue weighted by Crippen LogP contribution is -2.50. The zero-order valence-electron chi connectivity index (χ0n) is 12.7. The van der Waals surface area contributed by atoms with E-state index in [1.807, 2.05) is 4.90 Å². The van der Waals surface area contributed by atoms with Crippen LogP contribution in [-0.4, -0.2) is 79.0 Å². The fourth-order valence-corrected chi connectivity index (χ4v) is 2.38. The van der Waals surface area contributed by atoms with E-state index in [2.05, 4.69) is 34.3 Å². The lowest BCUT2D eigenvalue weighted by Gasteiger charge is -2.35. The molecular weight excluding hydrogens is 268 g/mol. The minimum Gasteiger partial charge on any atom is -0.336 e. The van der Waals surface area contributed by atoms with Crippen LogP contribution in [0.25, 0.3) is 0 Å². The van der Waals surface area contributed by atoms with E-state index in [0.717, 1.165) is 39.3 Å². The predicted molar refractivity (Wildman–Crippen MR) is 82.9 cm³/mol. The third-order valence-electron chi connectivity index (χ3n) is 3.73. The Kier molecular flexibility index (Phi) is 5.49. The Morgan fingerprint density at radius 1 is 1.38 bits per heavy atom. The molecule has 0 aliphatic carbocycles. The maximum atomic E-state index is 12.5. The number of pyridine rings is 1. The van der Waals surface area contributed by atoms with Crippen LogP contribution in [0, 0.1) is 0 Å². The Hall–Kier alpha value is -1.70. The first kappa shape index (κ1) is 15.7. The SMILES string of the molecule is CN(C)CCN1CCN(C(=O)c2cnccc2NN)CC1. The van der Waals surface area contributed by atoms with Gasteiger partial charge in [0, 0.05) is 51.7 Å². The average Bonchev–Trinajstić information content (AvgIpc) is 2.52. The Morgan fingerprint density at radius 3 is 2.71 bits per heavy atom. The molecule has 2 rings (SSSR count). The van der Waals surface area contributed by atoms with Crippen molar-refractivity contribution < 1.29 is 4.79 Å². The maximum absolute atomic E-state index is 12.5. The lowest BCUT2D eigenvalue weighted by molar-refractivity contribution is 0.0630. The molecule has 0 aromatic carbocycles. The van der Waals surface area contributed by atoms with Gasteiger partial charge in [-0.15, -0.1) is 0 Å². The summed E-state index contributed by atoms with van der Waals surface area (Å²) >= 11 is 0. The van der Waals surface area contributed by atoms with Crippen molar-refractivity contribution in [1.82, 2.24) is 19.7 Å². The van der Waals surface area contributed by atoms with Crippen molar-refractivity contribution in [3.05, 3.63) is 24.0 Å². The third kappa shape index (κ3) is 4.13. The van der Waals surface area contributed by atoms with Gasteiger partial charge < -0.3 is 15.2 Å². The van der Waals surface area contributed by atoms with Gasteiger partial charge in [0.25, 0.3) is 5.91 Å². The molecule has 116 valence electrons. The maximum Gasteiger partial charge on any atom is 0.257 e. The van der Waals surface area contributed by atoms with E-state index in [-0.39, 0.29) is 5.91 Å². The van der Waals surface area contributed by atoms with E-state index in [4.69, 9.17) is 5.84 Å². The molecule has 7 heteroatoms. The topological polar surface area (TPSA) is 77.7 Å². The molecule has 2 heterocycles. The number of hydrogen-bond acceptors (Lipinski definition) is 6. The molecule has 0 spiro atoms. The Balaban J connectivity index is 1.91. The summed E-state index contributed by atoms with van der Waals surface area (Å²) in [5.74, 6) is 5.44. The molecular formula is C14H24N6O. The molecule has 7 nitrogen and oxygen atoms in total. The van der Waals surface area contributed by atoms with Crippen molar-refractivity contribution in [2.75, 3.05) is 58.8 Å². The quantitative estimate of drug-likeness (QED) is 0.572. The molecule has 1 aromatic heterocycles. The monoisotopic (exact) mass is 292 g/mol. The van der Waals surface area contributed by atoms with Crippen LogP contribution in [0.3, 0.4) is 0 Å². The summed E-state index contributed by atoms with van der Waals surface area (Å²) in [6.07, 6.45) is 3.18. The van der Waals surface area contributed by atoms with Crippen LogP contribution >= 0.6 is 0 Å². The summed E-state index contributed by atoms with van der Waals surface area (Å²) in [5.41, 5.74) is 3.70.